The van der Waals surface area contributed by atoms with Crippen LogP contribution in [0.3, 0.4) is 0 Å². The quantitative estimate of drug-likeness (QED) is 0.385. The number of hydrogen-bond donors (Lipinski definition) is 0. The van der Waals surface area contributed by atoms with Gasteiger partial charge < -0.3 is 14.4 Å². The highest BCUT2D eigenvalue weighted by atomic mass is 79.9. The van der Waals surface area contributed by atoms with Crippen molar-refractivity contribution in [2.24, 2.45) is 4.99 Å². The predicted molar refractivity (Wildman–Crippen MR) is 152 cm³/mol. The monoisotopic (exact) mass is 659 g/mol. The van der Waals surface area contributed by atoms with E-state index in [2.05, 4.69) is 36.9 Å². The summed E-state index contributed by atoms with van der Waals surface area (Å²) in [5, 5.41) is 0. The van der Waals surface area contributed by atoms with Gasteiger partial charge in [0.2, 0.25) is 0 Å². The standard InChI is InChI=1S/C27H23Br2N3O5S/c1-5-31-18-9-8-15(28)12-16(18)21(24(31)33)23-25(34)32-22(14-7-10-19(36-4)17(29)11-14)20(26(35)37-6-2)13(3)30-27(32)38-23/h7-12,22H,5-6H2,1-4H3/b23-21+/t22-/m1/s1. The number of rotatable bonds is 5. The van der Waals surface area contributed by atoms with E-state index >= 15 is 0 Å². The number of amides is 1. The molecule has 0 unspecified atom stereocenters. The molecule has 0 aliphatic carbocycles. The van der Waals surface area contributed by atoms with Crippen molar-refractivity contribution in [1.29, 1.82) is 0 Å². The van der Waals surface area contributed by atoms with E-state index in [0.717, 1.165) is 21.5 Å². The number of aromatic nitrogens is 1. The third-order valence-electron chi connectivity index (χ3n) is 6.51. The van der Waals surface area contributed by atoms with Gasteiger partial charge in [-0.25, -0.2) is 9.79 Å². The zero-order chi connectivity index (χ0) is 27.3. The highest BCUT2D eigenvalue weighted by Crippen LogP contribution is 2.38. The summed E-state index contributed by atoms with van der Waals surface area (Å²) in [6.07, 6.45) is 0. The Hall–Kier alpha value is -3.02. The molecule has 5 rings (SSSR count). The van der Waals surface area contributed by atoms with Gasteiger partial charge in [-0.3, -0.25) is 14.2 Å². The summed E-state index contributed by atoms with van der Waals surface area (Å²) >= 11 is 8.16. The number of thiazole rings is 1. The third-order valence-corrected chi connectivity index (χ3v) is 8.67. The lowest BCUT2D eigenvalue weighted by Crippen LogP contribution is -2.41. The largest absolute Gasteiger partial charge is 0.496 e. The van der Waals surface area contributed by atoms with Gasteiger partial charge in [0.25, 0.3) is 11.5 Å². The Morgan fingerprint density at radius 3 is 2.55 bits per heavy atom. The first kappa shape index (κ1) is 26.6. The molecule has 3 heterocycles. The minimum absolute atomic E-state index is 0.177. The number of carbonyl (C=O) groups is 2. The van der Waals surface area contributed by atoms with Gasteiger partial charge in [-0.05, 0) is 72.6 Å². The van der Waals surface area contributed by atoms with Gasteiger partial charge in [-0.2, -0.15) is 0 Å². The van der Waals surface area contributed by atoms with E-state index < -0.39 is 17.6 Å². The first-order valence-corrected chi connectivity index (χ1v) is 14.3. The highest BCUT2D eigenvalue weighted by molar-refractivity contribution is 9.10. The maximum absolute atomic E-state index is 14.2. The van der Waals surface area contributed by atoms with Crippen LogP contribution >= 0.6 is 43.2 Å². The Bertz CT molecular complexity index is 1720. The molecule has 0 fully saturated rings. The third kappa shape index (κ3) is 4.17. The molecule has 196 valence electrons. The fourth-order valence-corrected chi connectivity index (χ4v) is 6.90. The number of nitrogens with zero attached hydrogens (tertiary/aromatic N) is 3. The molecule has 0 radical (unpaired) electrons. The van der Waals surface area contributed by atoms with Gasteiger partial charge >= 0.3 is 5.97 Å². The van der Waals surface area contributed by atoms with Gasteiger partial charge in [0, 0.05) is 16.6 Å². The number of anilines is 1. The zero-order valence-corrected chi connectivity index (χ0v) is 25.0. The van der Waals surface area contributed by atoms with E-state index in [1.807, 2.05) is 31.2 Å². The highest BCUT2D eigenvalue weighted by Gasteiger charge is 2.37. The SMILES string of the molecule is CCOC(=O)C1=C(C)N=c2s/c(=C3/C(=O)N(CC)c4ccc(Br)cc43)c(=O)n2[C@@H]1c1ccc(OC)c(Br)c1. The molecule has 0 saturated heterocycles. The summed E-state index contributed by atoms with van der Waals surface area (Å²) in [5.41, 5.74) is 2.76. The predicted octanol–water partition coefficient (Wildman–Crippen LogP) is 4.07. The molecule has 3 aromatic rings. The molecular formula is C27H23Br2N3O5S. The number of halogens is 2. The van der Waals surface area contributed by atoms with Crippen LogP contribution in [0.4, 0.5) is 5.69 Å². The van der Waals surface area contributed by atoms with Crippen LogP contribution in [0.1, 0.15) is 37.9 Å². The van der Waals surface area contributed by atoms with Crippen LogP contribution in [-0.4, -0.2) is 36.7 Å². The van der Waals surface area contributed by atoms with E-state index in [9.17, 15) is 14.4 Å². The number of esters is 1. The molecule has 0 saturated carbocycles. The maximum Gasteiger partial charge on any atom is 0.338 e. The minimum Gasteiger partial charge on any atom is -0.496 e. The Balaban J connectivity index is 1.83. The molecule has 0 N–H and O–H groups in total. The molecule has 2 aliphatic rings. The van der Waals surface area contributed by atoms with Crippen molar-refractivity contribution < 1.29 is 19.1 Å². The first-order valence-electron chi connectivity index (χ1n) is 11.9. The number of benzene rings is 2. The average Bonchev–Trinajstić information content (AvgIpc) is 3.34. The van der Waals surface area contributed by atoms with Crippen LogP contribution in [0.15, 0.2) is 66.4 Å². The fraction of sp³-hybridized carbons (Fsp3) is 0.259. The van der Waals surface area contributed by atoms with Crippen molar-refractivity contribution in [2.45, 2.75) is 26.8 Å². The number of carbonyl (C=O) groups excluding carboxylic acids is 2. The van der Waals surface area contributed by atoms with E-state index in [4.69, 9.17) is 9.47 Å². The second-order valence-electron chi connectivity index (χ2n) is 8.60. The lowest BCUT2D eigenvalue weighted by Gasteiger charge is -2.25. The lowest BCUT2D eigenvalue weighted by molar-refractivity contribution is -0.139. The van der Waals surface area contributed by atoms with Gasteiger partial charge in [0.1, 0.15) is 10.3 Å². The van der Waals surface area contributed by atoms with Crippen molar-refractivity contribution in [1.82, 2.24) is 4.57 Å². The maximum atomic E-state index is 14.2. The van der Waals surface area contributed by atoms with Crippen molar-refractivity contribution in [3.63, 3.8) is 0 Å². The Kier molecular flexibility index (Phi) is 7.19. The summed E-state index contributed by atoms with van der Waals surface area (Å²) in [5.74, 6) is -0.178. The molecule has 11 heteroatoms. The number of methoxy groups -OCH3 is 1. The van der Waals surface area contributed by atoms with E-state index in [0.29, 0.717) is 44.0 Å². The fourth-order valence-electron chi connectivity index (χ4n) is 4.85. The van der Waals surface area contributed by atoms with Crippen LogP contribution in [0, 0.1) is 0 Å². The summed E-state index contributed by atoms with van der Waals surface area (Å²) in [4.78, 5) is 47.6. The van der Waals surface area contributed by atoms with Crippen molar-refractivity contribution in [2.75, 3.05) is 25.2 Å². The van der Waals surface area contributed by atoms with E-state index in [1.54, 1.807) is 38.0 Å². The molecule has 2 aliphatic heterocycles. The topological polar surface area (TPSA) is 90.2 Å². The van der Waals surface area contributed by atoms with Crippen molar-refractivity contribution in [3.05, 3.63) is 87.4 Å². The van der Waals surface area contributed by atoms with Crippen LogP contribution in [0.25, 0.3) is 5.57 Å². The van der Waals surface area contributed by atoms with Gasteiger partial charge in [-0.1, -0.05) is 33.3 Å². The summed E-state index contributed by atoms with van der Waals surface area (Å²) < 4.78 is 14.0. The van der Waals surface area contributed by atoms with Crippen molar-refractivity contribution in [3.8, 4) is 5.75 Å². The summed E-state index contributed by atoms with van der Waals surface area (Å²) in [6, 6.07) is 10.2. The Morgan fingerprint density at radius 1 is 1.13 bits per heavy atom. The van der Waals surface area contributed by atoms with E-state index in [1.165, 1.54) is 4.57 Å². The minimum atomic E-state index is -0.803. The average molecular weight is 661 g/mol. The van der Waals surface area contributed by atoms with E-state index in [-0.39, 0.29) is 22.6 Å². The second kappa shape index (κ2) is 10.3. The van der Waals surface area contributed by atoms with Crippen LogP contribution in [-0.2, 0) is 14.3 Å². The molecule has 0 spiro atoms. The molecular weight excluding hydrogens is 638 g/mol. The number of likely N-dealkylation sites (N-methyl/N-ethyl adjacent to an activating group) is 1. The Labute approximate surface area is 239 Å². The molecule has 0 bridgehead atoms. The van der Waals surface area contributed by atoms with Crippen LogP contribution in [0.5, 0.6) is 5.75 Å². The smallest absolute Gasteiger partial charge is 0.338 e. The molecule has 8 nitrogen and oxygen atoms in total. The first-order chi connectivity index (χ1) is 18.2. The Morgan fingerprint density at radius 2 is 1.89 bits per heavy atom. The van der Waals surface area contributed by atoms with Gasteiger partial charge in [0.15, 0.2) is 4.80 Å². The zero-order valence-electron chi connectivity index (χ0n) is 21.0. The van der Waals surface area contributed by atoms with Crippen molar-refractivity contribution >= 4 is 66.3 Å². The molecule has 1 atom stereocenters. The number of allylic oxidation sites excluding steroid dienone is 1. The summed E-state index contributed by atoms with van der Waals surface area (Å²) in [6.45, 7) is 5.99. The number of fused-ring (bicyclic) bond motifs is 2. The lowest BCUT2D eigenvalue weighted by atomic mass is 9.96. The molecule has 38 heavy (non-hydrogen) atoms. The molecule has 1 amide bonds. The second-order valence-corrected chi connectivity index (χ2v) is 11.4. The van der Waals surface area contributed by atoms with Crippen LogP contribution in [0.2, 0.25) is 0 Å². The number of hydrogen-bond acceptors (Lipinski definition) is 7. The number of ether oxygens (including phenoxy) is 2. The molecule has 1 aromatic heterocycles. The van der Waals surface area contributed by atoms with Crippen LogP contribution < -0.4 is 24.5 Å². The van der Waals surface area contributed by atoms with Gasteiger partial charge in [-0.15, -0.1) is 0 Å². The molecule has 2 aromatic carbocycles. The summed E-state index contributed by atoms with van der Waals surface area (Å²) in [7, 11) is 1.56. The van der Waals surface area contributed by atoms with Gasteiger partial charge in [0.05, 0.1) is 46.8 Å². The normalized spacial score (nSPS) is 17.8.